The van der Waals surface area contributed by atoms with Crippen LogP contribution >= 0.6 is 0 Å². The fraction of sp³-hybridized carbons (Fsp3) is 0.432. The Bertz CT molecular complexity index is 1540. The quantitative estimate of drug-likeness (QED) is 0.333. The molecule has 4 N–H and O–H groups in total. The van der Waals surface area contributed by atoms with Crippen molar-refractivity contribution in [3.8, 4) is 0 Å². The van der Waals surface area contributed by atoms with Crippen LogP contribution < -0.4 is 21.1 Å². The van der Waals surface area contributed by atoms with Crippen LogP contribution in [-0.2, 0) is 33.6 Å². The second-order valence-electron chi connectivity index (χ2n) is 14.3. The van der Waals surface area contributed by atoms with Crippen molar-refractivity contribution in [3.05, 3.63) is 101 Å². The second-order valence-corrected chi connectivity index (χ2v) is 14.3. The highest BCUT2D eigenvalue weighted by atomic mass is 16.4. The maximum Gasteiger partial charge on any atom is 0.352 e. The number of amides is 2. The van der Waals surface area contributed by atoms with E-state index in [0.717, 1.165) is 28.7 Å². The number of rotatable bonds is 9. The Kier molecular flexibility index (Phi) is 11.5. The van der Waals surface area contributed by atoms with Crippen LogP contribution in [0.5, 0.6) is 0 Å². The topological polar surface area (TPSA) is 142 Å². The van der Waals surface area contributed by atoms with Gasteiger partial charge in [-0.1, -0.05) is 104 Å². The number of nitrogens with two attached hydrogens (primary N) is 1. The third kappa shape index (κ3) is 9.02. The molecular weight excluding hydrogens is 578 g/mol. The summed E-state index contributed by atoms with van der Waals surface area (Å²) in [6.07, 6.45) is 4.95. The number of hydrogen-bond donors (Lipinski definition) is 3. The summed E-state index contributed by atoms with van der Waals surface area (Å²) in [5, 5.41) is 12.9. The number of aliphatic carboxylic acids is 1. The van der Waals surface area contributed by atoms with Gasteiger partial charge < -0.3 is 15.2 Å². The molecule has 46 heavy (non-hydrogen) atoms. The Hall–Kier alpha value is -4.53. The first-order valence-electron chi connectivity index (χ1n) is 15.8. The highest BCUT2D eigenvalue weighted by Crippen LogP contribution is 2.31. The summed E-state index contributed by atoms with van der Waals surface area (Å²) >= 11 is 0. The number of guanidine groups is 1. The van der Waals surface area contributed by atoms with Gasteiger partial charge in [-0.3, -0.25) is 25.3 Å². The Morgan fingerprint density at radius 2 is 1.65 bits per heavy atom. The van der Waals surface area contributed by atoms with Gasteiger partial charge in [-0.05, 0) is 53.0 Å². The van der Waals surface area contributed by atoms with E-state index in [2.05, 4.69) is 49.9 Å². The zero-order chi connectivity index (χ0) is 34.3. The summed E-state index contributed by atoms with van der Waals surface area (Å²) in [4.78, 5) is 46.4. The summed E-state index contributed by atoms with van der Waals surface area (Å²) in [5.41, 5.74) is 8.82. The molecule has 0 spiro atoms. The third-order valence-electron chi connectivity index (χ3n) is 7.87. The molecular formula is C37H49N5O4. The van der Waals surface area contributed by atoms with Gasteiger partial charge in [0, 0.05) is 41.4 Å². The van der Waals surface area contributed by atoms with Crippen molar-refractivity contribution in [2.75, 3.05) is 0 Å². The normalized spacial score (nSPS) is 16.5. The van der Waals surface area contributed by atoms with Crippen LogP contribution in [0.3, 0.4) is 0 Å². The first-order valence-corrected chi connectivity index (χ1v) is 15.8. The van der Waals surface area contributed by atoms with Crippen molar-refractivity contribution >= 4 is 23.7 Å². The number of hydrogen-bond acceptors (Lipinski definition) is 6. The second kappa shape index (κ2) is 14.7. The minimum Gasteiger partial charge on any atom is -0.550 e. The van der Waals surface area contributed by atoms with E-state index in [1.54, 1.807) is 38.1 Å². The van der Waals surface area contributed by atoms with Gasteiger partial charge in [-0.15, -0.1) is 0 Å². The predicted octanol–water partition coefficient (Wildman–Crippen LogP) is 3.16. The Labute approximate surface area is 273 Å². The molecule has 9 heteroatoms. The molecule has 0 unspecified atom stereocenters. The molecule has 246 valence electrons. The highest BCUT2D eigenvalue weighted by Gasteiger charge is 2.53. The van der Waals surface area contributed by atoms with Crippen LogP contribution in [0.15, 0.2) is 73.1 Å². The van der Waals surface area contributed by atoms with Crippen molar-refractivity contribution in [1.82, 2.24) is 15.2 Å². The van der Waals surface area contributed by atoms with Crippen LogP contribution in [0.1, 0.15) is 101 Å². The Balaban J connectivity index is 0.000000738. The molecule has 9 nitrogen and oxygen atoms in total. The molecule has 2 aromatic carbocycles. The van der Waals surface area contributed by atoms with E-state index in [-0.39, 0.29) is 23.8 Å². The van der Waals surface area contributed by atoms with Gasteiger partial charge in [0.1, 0.15) is 6.54 Å². The molecule has 0 radical (unpaired) electrons. The molecule has 1 aliphatic rings. The smallest absolute Gasteiger partial charge is 0.352 e. The van der Waals surface area contributed by atoms with Gasteiger partial charge in [-0.25, -0.2) is 0 Å². The van der Waals surface area contributed by atoms with Gasteiger partial charge in [0.2, 0.25) is 5.54 Å². The largest absolute Gasteiger partial charge is 0.550 e. The van der Waals surface area contributed by atoms with Crippen molar-refractivity contribution in [1.29, 1.82) is 0 Å². The number of carbonyl (C=O) groups is 3. The van der Waals surface area contributed by atoms with E-state index in [0.29, 0.717) is 30.4 Å². The van der Waals surface area contributed by atoms with Gasteiger partial charge in [0.25, 0.3) is 5.91 Å². The molecule has 3 aromatic rings. The molecule has 4 rings (SSSR count). The van der Waals surface area contributed by atoms with Crippen LogP contribution in [0.4, 0.5) is 0 Å². The van der Waals surface area contributed by atoms with Crippen molar-refractivity contribution in [2.45, 2.75) is 92.3 Å². The van der Waals surface area contributed by atoms with Gasteiger partial charge in [0.05, 0.1) is 0 Å². The zero-order valence-corrected chi connectivity index (χ0v) is 28.4. The fourth-order valence-corrected chi connectivity index (χ4v) is 5.07. The molecule has 0 bridgehead atoms. The number of carboxylic acids is 1. The average Bonchev–Trinajstić information content (AvgIpc) is 3.24. The number of pyridine rings is 1. The summed E-state index contributed by atoms with van der Waals surface area (Å²) in [6, 6.07) is 19.4. The van der Waals surface area contributed by atoms with E-state index in [1.165, 1.54) is 0 Å². The average molecular weight is 628 g/mol. The summed E-state index contributed by atoms with van der Waals surface area (Å²) in [7, 11) is 0. The van der Waals surface area contributed by atoms with E-state index < -0.39 is 16.9 Å². The Morgan fingerprint density at radius 1 is 1.00 bits per heavy atom. The molecule has 0 fully saturated rings. The standard InChI is InChI=1S/C32H39N5O2.C5H10O2/c1-22(2)15-16-32(25-11-7-6-8-12-25)29(39)37(30(33)36-32)21-23-13-14-27(31(3,4)5)26(18-23)28(38)35-20-24-10-9-17-34-19-24;1-5(2,3)4(6)7/h6-14,17-19,22H,15-16,20-21H2,1-5H3,(H2,33,36)(H,35,38);1-3H3,(H,6,7)/t32-;/m1./s1. The number of benzene rings is 2. The van der Waals surface area contributed by atoms with Crippen LogP contribution in [-0.4, -0.2) is 33.6 Å². The van der Waals surface area contributed by atoms with E-state index >= 15 is 0 Å². The van der Waals surface area contributed by atoms with Crippen molar-refractivity contribution < 1.29 is 24.5 Å². The predicted molar refractivity (Wildman–Crippen MR) is 178 cm³/mol. The van der Waals surface area contributed by atoms with Crippen molar-refractivity contribution in [3.63, 3.8) is 0 Å². The van der Waals surface area contributed by atoms with E-state index in [9.17, 15) is 19.5 Å². The number of carboxylic acid groups (broad SMARTS) is 1. The minimum absolute atomic E-state index is 0.0747. The highest BCUT2D eigenvalue weighted by molar-refractivity contribution is 6.02. The maximum atomic E-state index is 14.0. The first-order chi connectivity index (χ1) is 21.5. The Morgan fingerprint density at radius 3 is 2.20 bits per heavy atom. The third-order valence-corrected chi connectivity index (χ3v) is 7.87. The summed E-state index contributed by atoms with van der Waals surface area (Å²) in [5.74, 6) is -0.478. The molecule has 2 amide bonds. The van der Waals surface area contributed by atoms with Gasteiger partial charge in [-0.2, -0.15) is 4.90 Å². The lowest BCUT2D eigenvalue weighted by atomic mass is 9.82. The number of aromatic nitrogens is 1. The molecule has 0 saturated heterocycles. The lowest BCUT2D eigenvalue weighted by Gasteiger charge is -2.25. The van der Waals surface area contributed by atoms with Gasteiger partial charge >= 0.3 is 11.9 Å². The fourth-order valence-electron chi connectivity index (χ4n) is 5.07. The van der Waals surface area contributed by atoms with E-state index in [4.69, 9.17) is 5.73 Å². The maximum absolute atomic E-state index is 14.0. The minimum atomic E-state index is -1.01. The van der Waals surface area contributed by atoms with Crippen LogP contribution in [0.2, 0.25) is 0 Å². The van der Waals surface area contributed by atoms with Gasteiger partial charge in [0.15, 0.2) is 0 Å². The molecule has 0 aliphatic carbocycles. The zero-order valence-electron chi connectivity index (χ0n) is 28.4. The number of nitrogens with one attached hydrogen (secondary N) is 2. The molecule has 2 heterocycles. The lowest BCUT2D eigenvalue weighted by molar-refractivity contribution is -0.540. The molecule has 1 aliphatic heterocycles. The van der Waals surface area contributed by atoms with E-state index in [1.807, 2.05) is 60.7 Å². The lowest BCUT2D eigenvalue weighted by Crippen LogP contribution is -2.85. The van der Waals surface area contributed by atoms with Crippen molar-refractivity contribution in [2.24, 2.45) is 17.1 Å². The summed E-state index contributed by atoms with van der Waals surface area (Å²) < 4.78 is 0. The van der Waals surface area contributed by atoms with Crippen LogP contribution in [0, 0.1) is 11.3 Å². The number of nitrogens with zero attached hydrogens (tertiary/aromatic N) is 2. The molecule has 1 atom stereocenters. The van der Waals surface area contributed by atoms with Crippen LogP contribution in [0.25, 0.3) is 0 Å². The number of carbonyl (C=O) groups excluding carboxylic acids is 3. The first kappa shape index (κ1) is 35.9. The molecule has 0 saturated carbocycles. The summed E-state index contributed by atoms with van der Waals surface area (Å²) in [6.45, 7) is 16.0. The monoisotopic (exact) mass is 627 g/mol. The SMILES string of the molecule is CC(C)(C)C(=O)[O-].CC(C)CC[C@]1(c2ccccc2)[NH+]=C(N)N(Cc2ccc(C(C)(C)C)c(C(=O)NCc3cccnc3)c2)C1=O. The molecule has 1 aromatic heterocycles.